The van der Waals surface area contributed by atoms with Crippen LogP contribution in [0.5, 0.6) is 0 Å². The fourth-order valence-corrected chi connectivity index (χ4v) is 2.89. The zero-order valence-electron chi connectivity index (χ0n) is 13.6. The van der Waals surface area contributed by atoms with Gasteiger partial charge >= 0.3 is 0 Å². The Kier molecular flexibility index (Phi) is 4.12. The molecule has 1 atom stereocenters. The van der Waals surface area contributed by atoms with Gasteiger partial charge in [0.2, 0.25) is 0 Å². The van der Waals surface area contributed by atoms with Crippen molar-refractivity contribution in [2.24, 2.45) is 0 Å². The maximum Gasteiger partial charge on any atom is 0.255 e. The summed E-state index contributed by atoms with van der Waals surface area (Å²) in [5.74, 6) is 2.04. The normalized spacial score (nSPS) is 17.6. The van der Waals surface area contributed by atoms with E-state index in [1.807, 2.05) is 12.1 Å². The molecule has 8 nitrogen and oxygen atoms in total. The molecule has 4 rings (SSSR count). The lowest BCUT2D eigenvalue weighted by atomic mass is 10.2. The molecule has 1 N–H and O–H groups in total. The Bertz CT molecular complexity index is 821. The van der Waals surface area contributed by atoms with Crippen LogP contribution in [0.2, 0.25) is 0 Å². The molecular weight excluding hydrogens is 308 g/mol. The van der Waals surface area contributed by atoms with Gasteiger partial charge < -0.3 is 14.6 Å². The predicted molar refractivity (Wildman–Crippen MR) is 86.5 cm³/mol. The summed E-state index contributed by atoms with van der Waals surface area (Å²) in [6, 6.07) is 3.92. The van der Waals surface area contributed by atoms with Crippen LogP contribution in [-0.4, -0.2) is 31.3 Å². The first-order valence-corrected chi connectivity index (χ1v) is 8.35. The summed E-state index contributed by atoms with van der Waals surface area (Å²) >= 11 is 0. The van der Waals surface area contributed by atoms with Crippen LogP contribution < -0.4 is 5.32 Å². The van der Waals surface area contributed by atoms with Crippen LogP contribution >= 0.6 is 0 Å². The van der Waals surface area contributed by atoms with E-state index in [1.165, 1.54) is 0 Å². The highest BCUT2D eigenvalue weighted by Gasteiger charge is 2.23. The molecule has 126 valence electrons. The molecule has 1 saturated heterocycles. The number of rotatable bonds is 6. The standard InChI is InChI=1S/C16H20N6O2/c1-2-4-11-9-15(22-14(19-11)6-7-18-22)17-10-13-20-16(24-21-13)12-5-3-8-23-12/h6-7,9,12,17H,2-5,8,10H2,1H3. The zero-order chi connectivity index (χ0) is 16.4. The van der Waals surface area contributed by atoms with Crippen molar-refractivity contribution in [3.63, 3.8) is 0 Å². The van der Waals surface area contributed by atoms with Crippen molar-refractivity contribution in [1.82, 2.24) is 24.7 Å². The number of hydrogen-bond acceptors (Lipinski definition) is 7. The van der Waals surface area contributed by atoms with Crippen molar-refractivity contribution in [3.8, 4) is 0 Å². The summed E-state index contributed by atoms with van der Waals surface area (Å²) < 4.78 is 12.7. The Hall–Kier alpha value is -2.48. The van der Waals surface area contributed by atoms with Gasteiger partial charge in [-0.05, 0) is 19.3 Å². The molecule has 0 aliphatic carbocycles. The van der Waals surface area contributed by atoms with E-state index in [0.717, 1.165) is 49.4 Å². The van der Waals surface area contributed by atoms with Crippen LogP contribution in [0.4, 0.5) is 5.82 Å². The molecule has 8 heteroatoms. The molecule has 0 amide bonds. The molecule has 1 aliphatic heterocycles. The molecule has 1 fully saturated rings. The molecule has 0 bridgehead atoms. The summed E-state index contributed by atoms with van der Waals surface area (Å²) in [6.45, 7) is 3.36. The van der Waals surface area contributed by atoms with Gasteiger partial charge in [-0.25, -0.2) is 4.98 Å². The van der Waals surface area contributed by atoms with Crippen molar-refractivity contribution in [2.45, 2.75) is 45.3 Å². The van der Waals surface area contributed by atoms with Gasteiger partial charge in [-0.3, -0.25) is 0 Å². The highest BCUT2D eigenvalue weighted by atomic mass is 16.5. The van der Waals surface area contributed by atoms with E-state index in [9.17, 15) is 0 Å². The van der Waals surface area contributed by atoms with E-state index in [0.29, 0.717) is 18.3 Å². The predicted octanol–water partition coefficient (Wildman–Crippen LogP) is 2.53. The highest BCUT2D eigenvalue weighted by Crippen LogP contribution is 2.27. The van der Waals surface area contributed by atoms with Crippen molar-refractivity contribution in [2.75, 3.05) is 11.9 Å². The van der Waals surface area contributed by atoms with Gasteiger partial charge in [0.15, 0.2) is 11.5 Å². The van der Waals surface area contributed by atoms with Gasteiger partial charge in [0.05, 0.1) is 12.7 Å². The van der Waals surface area contributed by atoms with Crippen LogP contribution in [0.25, 0.3) is 5.65 Å². The molecule has 0 spiro atoms. The minimum atomic E-state index is -0.0545. The quantitative estimate of drug-likeness (QED) is 0.743. The lowest BCUT2D eigenvalue weighted by Gasteiger charge is -2.08. The number of aromatic nitrogens is 5. The second-order valence-electron chi connectivity index (χ2n) is 5.89. The van der Waals surface area contributed by atoms with Gasteiger partial charge in [-0.2, -0.15) is 14.6 Å². The summed E-state index contributed by atoms with van der Waals surface area (Å²) in [6.07, 6.45) is 5.64. The molecule has 0 radical (unpaired) electrons. The number of fused-ring (bicyclic) bond motifs is 1. The Morgan fingerprint density at radius 3 is 3.17 bits per heavy atom. The van der Waals surface area contributed by atoms with Crippen molar-refractivity contribution in [3.05, 3.63) is 35.7 Å². The summed E-state index contributed by atoms with van der Waals surface area (Å²) in [4.78, 5) is 9.01. The molecule has 4 heterocycles. The zero-order valence-corrected chi connectivity index (χ0v) is 13.6. The summed E-state index contributed by atoms with van der Waals surface area (Å²) in [5, 5.41) is 11.7. The minimum absolute atomic E-state index is 0.0545. The van der Waals surface area contributed by atoms with E-state index in [4.69, 9.17) is 9.26 Å². The molecule has 3 aromatic heterocycles. The molecule has 0 saturated carbocycles. The Morgan fingerprint density at radius 1 is 1.38 bits per heavy atom. The third-order valence-electron chi connectivity index (χ3n) is 4.04. The number of nitrogens with zero attached hydrogens (tertiary/aromatic N) is 5. The maximum atomic E-state index is 5.57. The van der Waals surface area contributed by atoms with Crippen LogP contribution in [-0.2, 0) is 17.7 Å². The number of nitrogens with one attached hydrogen (secondary N) is 1. The van der Waals surface area contributed by atoms with E-state index in [1.54, 1.807) is 10.7 Å². The average molecular weight is 328 g/mol. The summed E-state index contributed by atoms with van der Waals surface area (Å²) in [5.41, 5.74) is 1.87. The molecular formula is C16H20N6O2. The van der Waals surface area contributed by atoms with E-state index >= 15 is 0 Å². The van der Waals surface area contributed by atoms with Crippen LogP contribution in [0.3, 0.4) is 0 Å². The van der Waals surface area contributed by atoms with Crippen molar-refractivity contribution in [1.29, 1.82) is 0 Å². The first kappa shape index (κ1) is 15.1. The Labute approximate surface area is 139 Å². The number of ether oxygens (including phenoxy) is 1. The number of hydrogen-bond donors (Lipinski definition) is 1. The van der Waals surface area contributed by atoms with Crippen molar-refractivity contribution < 1.29 is 9.26 Å². The number of aryl methyl sites for hydroxylation is 1. The van der Waals surface area contributed by atoms with Gasteiger partial charge in [0.25, 0.3) is 5.89 Å². The largest absolute Gasteiger partial charge is 0.368 e. The lowest BCUT2D eigenvalue weighted by Crippen LogP contribution is -2.08. The lowest BCUT2D eigenvalue weighted by molar-refractivity contribution is 0.0835. The Morgan fingerprint density at radius 2 is 2.33 bits per heavy atom. The van der Waals surface area contributed by atoms with E-state index in [2.05, 4.69) is 32.5 Å². The SMILES string of the molecule is CCCc1cc(NCc2noc(C3CCCO3)n2)n2nccc2n1. The van der Waals surface area contributed by atoms with E-state index in [-0.39, 0.29) is 6.10 Å². The fraction of sp³-hybridized carbons (Fsp3) is 0.500. The average Bonchev–Trinajstić information content (AvgIpc) is 3.32. The number of anilines is 1. The highest BCUT2D eigenvalue weighted by molar-refractivity contribution is 5.49. The fourth-order valence-electron chi connectivity index (χ4n) is 2.89. The topological polar surface area (TPSA) is 90.4 Å². The molecule has 24 heavy (non-hydrogen) atoms. The maximum absolute atomic E-state index is 5.57. The molecule has 1 aliphatic rings. The second-order valence-corrected chi connectivity index (χ2v) is 5.89. The minimum Gasteiger partial charge on any atom is -0.368 e. The van der Waals surface area contributed by atoms with Gasteiger partial charge in [-0.1, -0.05) is 18.5 Å². The van der Waals surface area contributed by atoms with E-state index < -0.39 is 0 Å². The first-order chi connectivity index (χ1) is 11.8. The van der Waals surface area contributed by atoms with Crippen LogP contribution in [0.15, 0.2) is 22.9 Å². The van der Waals surface area contributed by atoms with Crippen LogP contribution in [0.1, 0.15) is 49.7 Å². The van der Waals surface area contributed by atoms with Gasteiger partial charge in [0, 0.05) is 24.4 Å². The third-order valence-corrected chi connectivity index (χ3v) is 4.04. The first-order valence-electron chi connectivity index (χ1n) is 8.35. The van der Waals surface area contributed by atoms with Crippen LogP contribution in [0, 0.1) is 0 Å². The monoisotopic (exact) mass is 328 g/mol. The van der Waals surface area contributed by atoms with Crippen molar-refractivity contribution >= 4 is 11.5 Å². The molecule has 3 aromatic rings. The molecule has 1 unspecified atom stereocenters. The molecule has 0 aromatic carbocycles. The smallest absolute Gasteiger partial charge is 0.255 e. The second kappa shape index (κ2) is 6.56. The summed E-state index contributed by atoms with van der Waals surface area (Å²) in [7, 11) is 0. The Balaban J connectivity index is 1.51. The third kappa shape index (κ3) is 2.96. The van der Waals surface area contributed by atoms with Gasteiger partial charge in [0.1, 0.15) is 11.9 Å². The van der Waals surface area contributed by atoms with Gasteiger partial charge in [-0.15, -0.1) is 0 Å².